The first-order valence-corrected chi connectivity index (χ1v) is 8.31. The topological polar surface area (TPSA) is 15.3 Å². The van der Waals surface area contributed by atoms with Crippen molar-refractivity contribution in [2.45, 2.75) is 58.0 Å². The van der Waals surface area contributed by atoms with Crippen LogP contribution in [0.3, 0.4) is 0 Å². The lowest BCUT2D eigenvalue weighted by molar-refractivity contribution is 0.140. The van der Waals surface area contributed by atoms with Crippen molar-refractivity contribution in [3.8, 4) is 0 Å². The smallest absolute Gasteiger partial charge is 0.0195 e. The first-order chi connectivity index (χ1) is 9.79. The lowest BCUT2D eigenvalue weighted by Gasteiger charge is -2.37. The molecule has 0 radical (unpaired) electrons. The predicted octanol–water partition coefficient (Wildman–Crippen LogP) is 3.47. The Morgan fingerprint density at radius 2 is 2.10 bits per heavy atom. The maximum absolute atomic E-state index is 3.69. The van der Waals surface area contributed by atoms with Crippen molar-refractivity contribution >= 4 is 0 Å². The Bertz CT molecular complexity index is 363. The van der Waals surface area contributed by atoms with Gasteiger partial charge in [0, 0.05) is 18.6 Å². The molecule has 1 aromatic rings. The molecule has 2 nitrogen and oxygen atoms in total. The monoisotopic (exact) mass is 274 g/mol. The molecule has 0 aliphatic carbocycles. The third-order valence-corrected chi connectivity index (χ3v) is 4.45. The molecular weight excluding hydrogens is 244 g/mol. The minimum atomic E-state index is 0.696. The van der Waals surface area contributed by atoms with Gasteiger partial charge >= 0.3 is 0 Å². The average molecular weight is 274 g/mol. The fourth-order valence-electron chi connectivity index (χ4n) is 3.12. The standard InChI is InChI=1S/C18H30N2/c1-3-13-19-18-10-7-14-20(15-18)16(2)11-12-17-8-5-4-6-9-17/h4-6,8-9,16,18-19H,3,7,10-15H2,1-2H3. The third-order valence-electron chi connectivity index (χ3n) is 4.45. The lowest BCUT2D eigenvalue weighted by atomic mass is 10.0. The third kappa shape index (κ3) is 4.92. The van der Waals surface area contributed by atoms with Crippen molar-refractivity contribution in [3.63, 3.8) is 0 Å². The highest BCUT2D eigenvalue weighted by Gasteiger charge is 2.22. The molecule has 2 unspecified atom stereocenters. The van der Waals surface area contributed by atoms with Crippen molar-refractivity contribution in [2.24, 2.45) is 0 Å². The van der Waals surface area contributed by atoms with Crippen LogP contribution in [0.1, 0.15) is 45.1 Å². The van der Waals surface area contributed by atoms with Gasteiger partial charge in [-0.25, -0.2) is 0 Å². The van der Waals surface area contributed by atoms with Gasteiger partial charge < -0.3 is 5.32 Å². The molecule has 1 heterocycles. The highest BCUT2D eigenvalue weighted by Crippen LogP contribution is 2.16. The quantitative estimate of drug-likeness (QED) is 0.819. The first kappa shape index (κ1) is 15.5. The van der Waals surface area contributed by atoms with Gasteiger partial charge in [-0.3, -0.25) is 4.90 Å². The summed E-state index contributed by atoms with van der Waals surface area (Å²) in [7, 11) is 0. The zero-order valence-electron chi connectivity index (χ0n) is 13.1. The Balaban J connectivity index is 1.75. The molecule has 20 heavy (non-hydrogen) atoms. The average Bonchev–Trinajstić information content (AvgIpc) is 2.52. The van der Waals surface area contributed by atoms with E-state index < -0.39 is 0 Å². The number of rotatable bonds is 7. The minimum Gasteiger partial charge on any atom is -0.313 e. The van der Waals surface area contributed by atoms with Crippen LogP contribution in [0.25, 0.3) is 0 Å². The van der Waals surface area contributed by atoms with Gasteiger partial charge in [-0.15, -0.1) is 0 Å². The van der Waals surface area contributed by atoms with Crippen LogP contribution in [0.4, 0.5) is 0 Å². The summed E-state index contributed by atoms with van der Waals surface area (Å²) in [6.07, 6.45) is 6.40. The van der Waals surface area contributed by atoms with Crippen molar-refractivity contribution in [1.82, 2.24) is 10.2 Å². The summed E-state index contributed by atoms with van der Waals surface area (Å²) in [4.78, 5) is 2.68. The fourth-order valence-corrected chi connectivity index (χ4v) is 3.12. The molecule has 112 valence electrons. The molecule has 0 aromatic heterocycles. The van der Waals surface area contributed by atoms with E-state index in [0.29, 0.717) is 12.1 Å². The molecule has 1 N–H and O–H groups in total. The Kier molecular flexibility index (Phi) is 6.55. The number of benzene rings is 1. The van der Waals surface area contributed by atoms with Crippen LogP contribution in [0.5, 0.6) is 0 Å². The van der Waals surface area contributed by atoms with Gasteiger partial charge in [0.2, 0.25) is 0 Å². The number of aryl methyl sites for hydroxylation is 1. The maximum Gasteiger partial charge on any atom is 0.0195 e. The molecule has 1 aromatic carbocycles. The van der Waals surface area contributed by atoms with E-state index in [9.17, 15) is 0 Å². The summed E-state index contributed by atoms with van der Waals surface area (Å²) in [6, 6.07) is 12.3. The Labute approximate surface area is 124 Å². The van der Waals surface area contributed by atoms with Crippen LogP contribution in [0.15, 0.2) is 30.3 Å². The molecule has 0 amide bonds. The zero-order valence-corrected chi connectivity index (χ0v) is 13.1. The number of hydrogen-bond acceptors (Lipinski definition) is 2. The fraction of sp³-hybridized carbons (Fsp3) is 0.667. The Hall–Kier alpha value is -0.860. The molecule has 2 rings (SSSR count). The van der Waals surface area contributed by atoms with Crippen molar-refractivity contribution in [1.29, 1.82) is 0 Å². The SMILES string of the molecule is CCCNC1CCCN(C(C)CCc2ccccc2)C1. The summed E-state index contributed by atoms with van der Waals surface area (Å²) in [5.41, 5.74) is 1.47. The van der Waals surface area contributed by atoms with Crippen LogP contribution >= 0.6 is 0 Å². The van der Waals surface area contributed by atoms with E-state index in [1.54, 1.807) is 0 Å². The molecule has 0 spiro atoms. The van der Waals surface area contributed by atoms with Gasteiger partial charge in [0.25, 0.3) is 0 Å². The van der Waals surface area contributed by atoms with E-state index in [0.717, 1.165) is 6.54 Å². The number of hydrogen-bond donors (Lipinski definition) is 1. The first-order valence-electron chi connectivity index (χ1n) is 8.31. The summed E-state index contributed by atoms with van der Waals surface area (Å²) < 4.78 is 0. The van der Waals surface area contributed by atoms with Crippen molar-refractivity contribution in [3.05, 3.63) is 35.9 Å². The zero-order chi connectivity index (χ0) is 14.2. The number of piperidine rings is 1. The predicted molar refractivity (Wildman–Crippen MR) is 87.1 cm³/mol. The summed E-state index contributed by atoms with van der Waals surface area (Å²) in [6.45, 7) is 8.31. The molecular formula is C18H30N2. The highest BCUT2D eigenvalue weighted by atomic mass is 15.2. The van der Waals surface area contributed by atoms with E-state index in [-0.39, 0.29) is 0 Å². The van der Waals surface area contributed by atoms with Gasteiger partial charge in [-0.1, -0.05) is 37.3 Å². The van der Waals surface area contributed by atoms with E-state index in [2.05, 4.69) is 54.4 Å². The Morgan fingerprint density at radius 3 is 2.85 bits per heavy atom. The number of nitrogens with one attached hydrogen (secondary N) is 1. The van der Waals surface area contributed by atoms with E-state index in [1.807, 2.05) is 0 Å². The largest absolute Gasteiger partial charge is 0.313 e. The van der Waals surface area contributed by atoms with E-state index in [1.165, 1.54) is 50.8 Å². The van der Waals surface area contributed by atoms with Crippen LogP contribution in [0, 0.1) is 0 Å². The van der Waals surface area contributed by atoms with E-state index in [4.69, 9.17) is 0 Å². The summed E-state index contributed by atoms with van der Waals surface area (Å²) >= 11 is 0. The lowest BCUT2D eigenvalue weighted by Crippen LogP contribution is -2.49. The Morgan fingerprint density at radius 1 is 1.30 bits per heavy atom. The van der Waals surface area contributed by atoms with Gasteiger partial charge in [0.05, 0.1) is 0 Å². The van der Waals surface area contributed by atoms with Gasteiger partial charge in [0.15, 0.2) is 0 Å². The molecule has 1 aliphatic heterocycles. The maximum atomic E-state index is 3.69. The molecule has 2 heteroatoms. The molecule has 1 fully saturated rings. The highest BCUT2D eigenvalue weighted by molar-refractivity contribution is 5.14. The molecule has 1 saturated heterocycles. The van der Waals surface area contributed by atoms with Crippen molar-refractivity contribution in [2.75, 3.05) is 19.6 Å². The van der Waals surface area contributed by atoms with Gasteiger partial charge in [0.1, 0.15) is 0 Å². The van der Waals surface area contributed by atoms with Crippen LogP contribution in [-0.2, 0) is 6.42 Å². The second kappa shape index (κ2) is 8.43. The van der Waals surface area contributed by atoms with Crippen LogP contribution in [0.2, 0.25) is 0 Å². The number of nitrogens with zero attached hydrogens (tertiary/aromatic N) is 1. The molecule has 0 bridgehead atoms. The van der Waals surface area contributed by atoms with E-state index >= 15 is 0 Å². The molecule has 2 atom stereocenters. The van der Waals surface area contributed by atoms with Crippen molar-refractivity contribution < 1.29 is 0 Å². The van der Waals surface area contributed by atoms with Gasteiger partial charge in [-0.2, -0.15) is 0 Å². The van der Waals surface area contributed by atoms with Gasteiger partial charge in [-0.05, 0) is 57.7 Å². The summed E-state index contributed by atoms with van der Waals surface area (Å²) in [5, 5.41) is 3.69. The second-order valence-electron chi connectivity index (χ2n) is 6.16. The normalized spacial score (nSPS) is 21.8. The molecule has 0 saturated carbocycles. The minimum absolute atomic E-state index is 0.696. The van der Waals surface area contributed by atoms with Crippen LogP contribution in [-0.4, -0.2) is 36.6 Å². The number of likely N-dealkylation sites (tertiary alicyclic amines) is 1. The molecule has 1 aliphatic rings. The second-order valence-corrected chi connectivity index (χ2v) is 6.16. The summed E-state index contributed by atoms with van der Waals surface area (Å²) in [5.74, 6) is 0. The van der Waals surface area contributed by atoms with Crippen LogP contribution < -0.4 is 5.32 Å².